The first kappa shape index (κ1) is 18.7. The van der Waals surface area contributed by atoms with Crippen LogP contribution in [0.15, 0.2) is 59.7 Å². The maximum Gasteiger partial charge on any atom is 0.274 e. The number of nitrogens with one attached hydrogen (secondary N) is 1. The maximum atomic E-state index is 13.4. The molecule has 0 fully saturated rings. The zero-order valence-electron chi connectivity index (χ0n) is 15.0. The van der Waals surface area contributed by atoms with E-state index in [1.807, 2.05) is 0 Å². The second kappa shape index (κ2) is 7.06. The topological polar surface area (TPSA) is 90.2 Å². The van der Waals surface area contributed by atoms with Crippen molar-refractivity contribution in [2.24, 2.45) is 7.05 Å². The summed E-state index contributed by atoms with van der Waals surface area (Å²) in [7, 11) is 1.59. The highest BCUT2D eigenvalue weighted by atomic mass is 35.5. The highest BCUT2D eigenvalue weighted by molar-refractivity contribution is 6.30. The van der Waals surface area contributed by atoms with Crippen molar-refractivity contribution in [3.63, 3.8) is 0 Å². The number of aromatic nitrogens is 2. The molecule has 7 nitrogen and oxygen atoms in total. The molecule has 0 saturated heterocycles. The van der Waals surface area contributed by atoms with Gasteiger partial charge in [0.05, 0.1) is 9.95 Å². The molecule has 2 heterocycles. The fourth-order valence-electron chi connectivity index (χ4n) is 3.08. The van der Waals surface area contributed by atoms with Crippen LogP contribution in [-0.2, 0) is 7.05 Å². The molecule has 0 unspecified atom stereocenters. The number of rotatable bonds is 4. The van der Waals surface area contributed by atoms with Gasteiger partial charge in [0.25, 0.3) is 11.2 Å². The summed E-state index contributed by atoms with van der Waals surface area (Å²) in [6, 6.07) is 9.72. The number of nitro groups is 1. The van der Waals surface area contributed by atoms with Crippen LogP contribution in [-0.4, -0.2) is 14.5 Å². The fourth-order valence-corrected chi connectivity index (χ4v) is 3.25. The van der Waals surface area contributed by atoms with Gasteiger partial charge >= 0.3 is 0 Å². The van der Waals surface area contributed by atoms with Crippen LogP contribution in [0.2, 0.25) is 5.02 Å². The number of nitro benzene ring substituents is 1. The average molecular weight is 414 g/mol. The third-order valence-electron chi connectivity index (χ3n) is 4.48. The first-order valence-corrected chi connectivity index (χ1v) is 8.81. The molecule has 4 rings (SSSR count). The number of hydrogen-bond donors (Lipinski definition) is 1. The predicted octanol–water partition coefficient (Wildman–Crippen LogP) is 5.03. The summed E-state index contributed by atoms with van der Waals surface area (Å²) >= 11 is 5.82. The molecule has 1 N–H and O–H groups in total. The molecule has 146 valence electrons. The molecule has 0 bridgehead atoms. The normalized spacial score (nSPS) is 11.0. The fraction of sp³-hybridized carbons (Fsp3) is 0.0500. The Balaban J connectivity index is 1.94. The molecule has 4 aromatic rings. The lowest BCUT2D eigenvalue weighted by molar-refractivity contribution is -0.384. The Morgan fingerprint density at radius 2 is 1.97 bits per heavy atom. The number of benzene rings is 2. The highest BCUT2D eigenvalue weighted by Crippen LogP contribution is 2.39. The lowest BCUT2D eigenvalue weighted by Gasteiger charge is -2.13. The van der Waals surface area contributed by atoms with Crippen molar-refractivity contribution in [1.82, 2.24) is 9.55 Å². The van der Waals surface area contributed by atoms with Crippen molar-refractivity contribution >= 4 is 28.2 Å². The van der Waals surface area contributed by atoms with Gasteiger partial charge < -0.3 is 14.3 Å². The molecule has 29 heavy (non-hydrogen) atoms. The van der Waals surface area contributed by atoms with Gasteiger partial charge in [0.15, 0.2) is 0 Å². The van der Waals surface area contributed by atoms with Crippen molar-refractivity contribution in [2.45, 2.75) is 0 Å². The lowest BCUT2D eigenvalue weighted by Crippen LogP contribution is -2.16. The summed E-state index contributed by atoms with van der Waals surface area (Å²) < 4.78 is 20.7. The Bertz CT molecular complexity index is 1330. The van der Waals surface area contributed by atoms with Gasteiger partial charge in [-0.2, -0.15) is 0 Å². The third kappa shape index (κ3) is 3.34. The Labute approximate surface area is 168 Å². The molecule has 0 spiro atoms. The summed E-state index contributed by atoms with van der Waals surface area (Å²) in [6.45, 7) is 0. The SMILES string of the molecule is Cn1cc(-c2cc([N+](=O)[O-])ccc2Oc2ccc(F)c(Cl)c2)c2cc[nH]c2c1=O. The minimum Gasteiger partial charge on any atom is -0.457 e. The number of pyridine rings is 1. The van der Waals surface area contributed by atoms with Crippen LogP contribution in [0.4, 0.5) is 10.1 Å². The van der Waals surface area contributed by atoms with Gasteiger partial charge in [-0.25, -0.2) is 4.39 Å². The number of aromatic amines is 1. The van der Waals surface area contributed by atoms with Crippen molar-refractivity contribution in [2.75, 3.05) is 0 Å². The summed E-state index contributed by atoms with van der Waals surface area (Å²) in [4.78, 5) is 26.0. The summed E-state index contributed by atoms with van der Waals surface area (Å²) in [5, 5.41) is 11.8. The molecule has 2 aromatic carbocycles. The number of nitrogens with zero attached hydrogens (tertiary/aromatic N) is 2. The van der Waals surface area contributed by atoms with E-state index < -0.39 is 10.7 Å². The first-order chi connectivity index (χ1) is 13.8. The number of hydrogen-bond acceptors (Lipinski definition) is 4. The second-order valence-corrected chi connectivity index (χ2v) is 6.75. The van der Waals surface area contributed by atoms with Gasteiger partial charge in [-0.1, -0.05) is 11.6 Å². The Kier molecular flexibility index (Phi) is 4.56. The molecular weight excluding hydrogens is 401 g/mol. The van der Waals surface area contributed by atoms with Crippen LogP contribution >= 0.6 is 11.6 Å². The molecular formula is C20H13ClFN3O4. The maximum absolute atomic E-state index is 13.4. The zero-order valence-corrected chi connectivity index (χ0v) is 15.7. The van der Waals surface area contributed by atoms with Gasteiger partial charge in [0.2, 0.25) is 0 Å². The van der Waals surface area contributed by atoms with Crippen LogP contribution in [0.5, 0.6) is 11.5 Å². The van der Waals surface area contributed by atoms with E-state index >= 15 is 0 Å². The van der Waals surface area contributed by atoms with Crippen LogP contribution < -0.4 is 10.3 Å². The second-order valence-electron chi connectivity index (χ2n) is 6.34. The standard InChI is InChI=1S/C20H13ClFN3O4/c1-24-10-15(13-6-7-23-19(13)20(24)26)14-8-11(25(27)28)2-5-18(14)29-12-3-4-17(22)16(21)9-12/h2-10,23H,1H3. The quantitative estimate of drug-likeness (QED) is 0.375. The van der Waals surface area contributed by atoms with E-state index in [9.17, 15) is 19.3 Å². The third-order valence-corrected chi connectivity index (χ3v) is 4.77. The van der Waals surface area contributed by atoms with Crippen LogP contribution in [0.3, 0.4) is 0 Å². The van der Waals surface area contributed by atoms with Crippen molar-refractivity contribution in [3.05, 3.63) is 86.2 Å². The molecule has 9 heteroatoms. The van der Waals surface area contributed by atoms with Crippen molar-refractivity contribution < 1.29 is 14.1 Å². The van der Waals surface area contributed by atoms with E-state index in [1.165, 1.54) is 41.0 Å². The van der Waals surface area contributed by atoms with E-state index in [0.717, 1.165) is 0 Å². The van der Waals surface area contributed by atoms with Gasteiger partial charge in [0, 0.05) is 54.2 Å². The molecule has 0 radical (unpaired) electrons. The number of aryl methyl sites for hydroxylation is 1. The monoisotopic (exact) mass is 413 g/mol. The molecule has 0 aliphatic heterocycles. The lowest BCUT2D eigenvalue weighted by atomic mass is 10.0. The van der Waals surface area contributed by atoms with Crippen LogP contribution in [0, 0.1) is 15.9 Å². The summed E-state index contributed by atoms with van der Waals surface area (Å²) in [5.41, 5.74) is 0.969. The van der Waals surface area contributed by atoms with Crippen molar-refractivity contribution in [1.29, 1.82) is 0 Å². The molecule has 0 atom stereocenters. The number of non-ortho nitro benzene ring substituents is 1. The van der Waals surface area contributed by atoms with E-state index in [0.29, 0.717) is 27.8 Å². The molecule has 0 aliphatic rings. The van der Waals surface area contributed by atoms with Crippen LogP contribution in [0.25, 0.3) is 22.0 Å². The predicted molar refractivity (Wildman–Crippen MR) is 107 cm³/mol. The van der Waals surface area contributed by atoms with E-state index in [4.69, 9.17) is 16.3 Å². The van der Waals surface area contributed by atoms with Gasteiger partial charge in [-0.05, 0) is 24.3 Å². The number of fused-ring (bicyclic) bond motifs is 1. The number of ether oxygens (including phenoxy) is 1. The number of halogens is 2. The first-order valence-electron chi connectivity index (χ1n) is 8.43. The molecule has 0 aliphatic carbocycles. The largest absolute Gasteiger partial charge is 0.457 e. The highest BCUT2D eigenvalue weighted by Gasteiger charge is 2.18. The smallest absolute Gasteiger partial charge is 0.274 e. The minimum atomic E-state index is -0.588. The van der Waals surface area contributed by atoms with Gasteiger partial charge in [-0.3, -0.25) is 14.9 Å². The van der Waals surface area contributed by atoms with Crippen molar-refractivity contribution in [3.8, 4) is 22.6 Å². The van der Waals surface area contributed by atoms with E-state index in [2.05, 4.69) is 4.98 Å². The van der Waals surface area contributed by atoms with Gasteiger partial charge in [-0.15, -0.1) is 0 Å². The van der Waals surface area contributed by atoms with Gasteiger partial charge in [0.1, 0.15) is 22.8 Å². The Morgan fingerprint density at radius 1 is 1.17 bits per heavy atom. The van der Waals surface area contributed by atoms with E-state index in [1.54, 1.807) is 25.5 Å². The summed E-state index contributed by atoms with van der Waals surface area (Å²) in [6.07, 6.45) is 3.20. The molecule has 2 aromatic heterocycles. The van der Waals surface area contributed by atoms with Crippen LogP contribution in [0.1, 0.15) is 0 Å². The minimum absolute atomic E-state index is 0.110. The molecule has 0 amide bonds. The number of H-pyrrole nitrogens is 1. The Morgan fingerprint density at radius 3 is 2.69 bits per heavy atom. The summed E-state index contributed by atoms with van der Waals surface area (Å²) in [5.74, 6) is -0.0314. The molecule has 0 saturated carbocycles. The van der Waals surface area contributed by atoms with E-state index in [-0.39, 0.29) is 22.0 Å². The Hall–Kier alpha value is -3.65. The zero-order chi connectivity index (χ0) is 20.7. The average Bonchev–Trinajstić information content (AvgIpc) is 3.18.